The molecule has 1 aliphatic carbocycles. The molecule has 1 rings (SSSR count). The second-order valence-corrected chi connectivity index (χ2v) is 6.55. The van der Waals surface area contributed by atoms with E-state index < -0.39 is 11.4 Å². The van der Waals surface area contributed by atoms with Gasteiger partial charge in [0.1, 0.15) is 0 Å². The molecule has 3 heteroatoms. The lowest BCUT2D eigenvalue weighted by atomic mass is 9.80. The number of carboxylic acid groups (broad SMARTS) is 1. The zero-order valence-corrected chi connectivity index (χ0v) is 12.2. The highest BCUT2D eigenvalue weighted by Gasteiger charge is 2.27. The third kappa shape index (κ3) is 4.60. The number of aliphatic carboxylic acids is 1. The zero-order valence-electron chi connectivity index (χ0n) is 12.2. The Morgan fingerprint density at radius 1 is 1.28 bits per heavy atom. The molecule has 0 heterocycles. The lowest BCUT2D eigenvalue weighted by Gasteiger charge is -2.32. The van der Waals surface area contributed by atoms with Crippen LogP contribution in [0.2, 0.25) is 0 Å². The monoisotopic (exact) mass is 256 g/mol. The van der Waals surface area contributed by atoms with Crippen LogP contribution in [0, 0.1) is 17.3 Å². The number of hydrogen-bond donors (Lipinski definition) is 1. The van der Waals surface area contributed by atoms with E-state index in [0.717, 1.165) is 31.1 Å². The topological polar surface area (TPSA) is 46.5 Å². The first-order chi connectivity index (χ1) is 8.33. The van der Waals surface area contributed by atoms with Crippen molar-refractivity contribution in [2.24, 2.45) is 17.3 Å². The summed E-state index contributed by atoms with van der Waals surface area (Å²) in [6.07, 6.45) is 5.48. The van der Waals surface area contributed by atoms with Crippen LogP contribution in [-0.4, -0.2) is 23.8 Å². The highest BCUT2D eigenvalue weighted by Crippen LogP contribution is 2.31. The third-order valence-electron chi connectivity index (χ3n) is 4.43. The average molecular weight is 256 g/mol. The molecule has 1 N–H and O–H groups in total. The summed E-state index contributed by atoms with van der Waals surface area (Å²) in [5.74, 6) is 0.845. The molecule has 1 aliphatic rings. The van der Waals surface area contributed by atoms with Gasteiger partial charge in [0, 0.05) is 6.61 Å². The largest absolute Gasteiger partial charge is 0.481 e. The fraction of sp³-hybridized carbons (Fsp3) is 0.933. The van der Waals surface area contributed by atoms with Crippen LogP contribution < -0.4 is 0 Å². The van der Waals surface area contributed by atoms with Crippen molar-refractivity contribution in [1.29, 1.82) is 0 Å². The molecule has 0 aliphatic heterocycles. The predicted octanol–water partition coefficient (Wildman–Crippen LogP) is 3.72. The Morgan fingerprint density at radius 2 is 1.94 bits per heavy atom. The average Bonchev–Trinajstić information content (AvgIpc) is 2.29. The molecule has 106 valence electrons. The maximum atomic E-state index is 11.0. The predicted molar refractivity (Wildman–Crippen MR) is 72.6 cm³/mol. The molecule has 1 saturated carbocycles. The normalized spacial score (nSPS) is 29.2. The van der Waals surface area contributed by atoms with Crippen molar-refractivity contribution in [1.82, 2.24) is 0 Å². The van der Waals surface area contributed by atoms with E-state index in [-0.39, 0.29) is 0 Å². The van der Waals surface area contributed by atoms with Crippen LogP contribution in [0.1, 0.15) is 59.8 Å². The van der Waals surface area contributed by atoms with Crippen LogP contribution in [-0.2, 0) is 9.53 Å². The second kappa shape index (κ2) is 6.55. The van der Waals surface area contributed by atoms with Crippen molar-refractivity contribution < 1.29 is 14.6 Å². The Hall–Kier alpha value is -0.570. The molecular formula is C15H28O3. The summed E-state index contributed by atoms with van der Waals surface area (Å²) in [7, 11) is 0. The quantitative estimate of drug-likeness (QED) is 0.737. The van der Waals surface area contributed by atoms with Crippen molar-refractivity contribution >= 4 is 5.97 Å². The fourth-order valence-corrected chi connectivity index (χ4v) is 2.52. The molecule has 0 radical (unpaired) electrons. The lowest BCUT2D eigenvalue weighted by Crippen LogP contribution is -2.28. The summed E-state index contributed by atoms with van der Waals surface area (Å²) in [6, 6.07) is 0. The minimum absolute atomic E-state index is 0.393. The molecule has 0 bridgehead atoms. The van der Waals surface area contributed by atoms with E-state index in [4.69, 9.17) is 9.84 Å². The van der Waals surface area contributed by atoms with Gasteiger partial charge in [-0.2, -0.15) is 0 Å². The Morgan fingerprint density at radius 3 is 2.50 bits per heavy atom. The van der Waals surface area contributed by atoms with Gasteiger partial charge in [-0.3, -0.25) is 4.79 Å². The highest BCUT2D eigenvalue weighted by molar-refractivity contribution is 5.73. The van der Waals surface area contributed by atoms with Gasteiger partial charge in [-0.25, -0.2) is 0 Å². The molecule has 3 atom stereocenters. The van der Waals surface area contributed by atoms with Crippen LogP contribution >= 0.6 is 0 Å². The fourth-order valence-electron chi connectivity index (χ4n) is 2.52. The minimum Gasteiger partial charge on any atom is -0.481 e. The molecular weight excluding hydrogens is 228 g/mol. The summed E-state index contributed by atoms with van der Waals surface area (Å²) in [5, 5.41) is 9.01. The number of carboxylic acids is 1. The van der Waals surface area contributed by atoms with Crippen LogP contribution in [0.3, 0.4) is 0 Å². The second-order valence-electron chi connectivity index (χ2n) is 6.55. The van der Waals surface area contributed by atoms with Crippen molar-refractivity contribution in [2.45, 2.75) is 65.9 Å². The minimum atomic E-state index is -0.720. The Labute approximate surface area is 111 Å². The molecule has 0 aromatic rings. The lowest BCUT2D eigenvalue weighted by molar-refractivity contribution is -0.147. The van der Waals surface area contributed by atoms with Crippen LogP contribution in [0.4, 0.5) is 0 Å². The smallest absolute Gasteiger partial charge is 0.309 e. The van der Waals surface area contributed by atoms with Crippen molar-refractivity contribution in [2.75, 3.05) is 6.61 Å². The van der Waals surface area contributed by atoms with E-state index in [9.17, 15) is 4.79 Å². The van der Waals surface area contributed by atoms with Crippen LogP contribution in [0.15, 0.2) is 0 Å². The first-order valence-electron chi connectivity index (χ1n) is 7.18. The molecule has 0 saturated heterocycles. The first-order valence-corrected chi connectivity index (χ1v) is 7.18. The van der Waals surface area contributed by atoms with Gasteiger partial charge < -0.3 is 9.84 Å². The SMILES string of the molecule is CC1CCC(OCCCC(C)(C)C(=O)O)CC1C. The summed E-state index contributed by atoms with van der Waals surface area (Å²) in [5.41, 5.74) is -0.627. The number of hydrogen-bond acceptors (Lipinski definition) is 2. The van der Waals surface area contributed by atoms with Crippen LogP contribution in [0.25, 0.3) is 0 Å². The molecule has 0 amide bonds. The van der Waals surface area contributed by atoms with Crippen molar-refractivity contribution in [3.05, 3.63) is 0 Å². The van der Waals surface area contributed by atoms with E-state index in [2.05, 4.69) is 13.8 Å². The summed E-state index contributed by atoms with van der Waals surface area (Å²) in [6.45, 7) is 8.87. The van der Waals surface area contributed by atoms with E-state index in [1.807, 2.05) is 0 Å². The molecule has 0 aromatic heterocycles. The molecule has 3 unspecified atom stereocenters. The van der Waals surface area contributed by atoms with Gasteiger partial charge in [0.2, 0.25) is 0 Å². The van der Waals surface area contributed by atoms with E-state index in [0.29, 0.717) is 19.1 Å². The van der Waals surface area contributed by atoms with Gasteiger partial charge in [-0.05, 0) is 57.8 Å². The van der Waals surface area contributed by atoms with Gasteiger partial charge in [0.05, 0.1) is 11.5 Å². The van der Waals surface area contributed by atoms with E-state index in [1.165, 1.54) is 6.42 Å². The molecule has 1 fully saturated rings. The number of rotatable bonds is 6. The van der Waals surface area contributed by atoms with Crippen molar-refractivity contribution in [3.8, 4) is 0 Å². The Bertz CT molecular complexity index is 273. The Kier molecular flexibility index (Phi) is 5.64. The van der Waals surface area contributed by atoms with Gasteiger partial charge in [0.25, 0.3) is 0 Å². The molecule has 0 spiro atoms. The van der Waals surface area contributed by atoms with Gasteiger partial charge >= 0.3 is 5.97 Å². The maximum Gasteiger partial charge on any atom is 0.309 e. The number of carbonyl (C=O) groups is 1. The molecule has 3 nitrogen and oxygen atoms in total. The zero-order chi connectivity index (χ0) is 13.8. The molecule has 0 aromatic carbocycles. The van der Waals surface area contributed by atoms with Gasteiger partial charge in [0.15, 0.2) is 0 Å². The van der Waals surface area contributed by atoms with Gasteiger partial charge in [-0.1, -0.05) is 13.8 Å². The van der Waals surface area contributed by atoms with E-state index >= 15 is 0 Å². The standard InChI is InChI=1S/C15H28O3/c1-11-6-7-13(10-12(11)2)18-9-5-8-15(3,4)14(16)17/h11-13H,5-10H2,1-4H3,(H,16,17). The molecule has 18 heavy (non-hydrogen) atoms. The third-order valence-corrected chi connectivity index (χ3v) is 4.43. The van der Waals surface area contributed by atoms with Gasteiger partial charge in [-0.15, -0.1) is 0 Å². The first kappa shape index (κ1) is 15.5. The summed E-state index contributed by atoms with van der Waals surface area (Å²) >= 11 is 0. The highest BCUT2D eigenvalue weighted by atomic mass is 16.5. The Balaban J connectivity index is 2.17. The summed E-state index contributed by atoms with van der Waals surface area (Å²) < 4.78 is 5.88. The van der Waals surface area contributed by atoms with E-state index in [1.54, 1.807) is 13.8 Å². The maximum absolute atomic E-state index is 11.0. The van der Waals surface area contributed by atoms with Crippen LogP contribution in [0.5, 0.6) is 0 Å². The summed E-state index contributed by atoms with van der Waals surface area (Å²) in [4.78, 5) is 11.0. The number of ether oxygens (including phenoxy) is 1. The van der Waals surface area contributed by atoms with Crippen molar-refractivity contribution in [3.63, 3.8) is 0 Å².